The van der Waals surface area contributed by atoms with Crippen molar-refractivity contribution in [2.45, 2.75) is 58.3 Å². The number of aromatic nitrogens is 2. The molecule has 0 spiro atoms. The average molecular weight is 403 g/mol. The van der Waals surface area contributed by atoms with Crippen LogP contribution < -0.4 is 5.32 Å². The van der Waals surface area contributed by atoms with Crippen LogP contribution in [-0.2, 0) is 17.9 Å². The molecule has 2 aromatic heterocycles. The number of nitrogens with zero attached hydrogens (tertiary/aromatic N) is 3. The van der Waals surface area contributed by atoms with Gasteiger partial charge >= 0.3 is 0 Å². The zero-order valence-corrected chi connectivity index (χ0v) is 17.1. The zero-order chi connectivity index (χ0) is 19.7. The lowest BCUT2D eigenvalue weighted by molar-refractivity contribution is 0.0683. The molecule has 2 unspecified atom stereocenters. The van der Waals surface area contributed by atoms with Gasteiger partial charge in [-0.3, -0.25) is 9.59 Å². The van der Waals surface area contributed by atoms with Crippen molar-refractivity contribution in [3.05, 3.63) is 39.6 Å². The molecule has 150 valence electrons. The van der Waals surface area contributed by atoms with Crippen molar-refractivity contribution < 1.29 is 14.3 Å². The molecule has 4 rings (SSSR count). The van der Waals surface area contributed by atoms with E-state index in [0.717, 1.165) is 36.5 Å². The second kappa shape index (κ2) is 8.05. The number of fused-ring (bicyclic) bond motifs is 1. The minimum Gasteiger partial charge on any atom is -0.373 e. The van der Waals surface area contributed by atoms with Crippen LogP contribution in [0, 0.1) is 0 Å². The van der Waals surface area contributed by atoms with Crippen molar-refractivity contribution in [2.24, 2.45) is 0 Å². The largest absolute Gasteiger partial charge is 0.373 e. The molecule has 1 N–H and O–H groups in total. The third-order valence-corrected chi connectivity index (χ3v) is 6.54. The van der Waals surface area contributed by atoms with Gasteiger partial charge < -0.3 is 19.5 Å². The Kier molecular flexibility index (Phi) is 5.50. The van der Waals surface area contributed by atoms with Crippen LogP contribution in [-0.4, -0.2) is 45.5 Å². The quantitative estimate of drug-likeness (QED) is 0.834. The Labute approximate surface area is 168 Å². The highest BCUT2D eigenvalue weighted by atomic mass is 32.1. The van der Waals surface area contributed by atoms with Gasteiger partial charge in [-0.25, -0.2) is 4.98 Å². The molecule has 2 aliphatic rings. The summed E-state index contributed by atoms with van der Waals surface area (Å²) in [6.45, 7) is 6.38. The van der Waals surface area contributed by atoms with Crippen LogP contribution in [0.25, 0.3) is 0 Å². The highest BCUT2D eigenvalue weighted by Gasteiger charge is 2.32. The summed E-state index contributed by atoms with van der Waals surface area (Å²) in [7, 11) is 0. The van der Waals surface area contributed by atoms with E-state index in [2.05, 4.69) is 17.2 Å². The van der Waals surface area contributed by atoms with Gasteiger partial charge in [0.2, 0.25) is 0 Å². The summed E-state index contributed by atoms with van der Waals surface area (Å²) in [5.74, 6) is -0.163. The number of ether oxygens (including phenoxy) is 1. The lowest BCUT2D eigenvalue weighted by atomic mass is 10.1. The van der Waals surface area contributed by atoms with Gasteiger partial charge in [-0.2, -0.15) is 0 Å². The van der Waals surface area contributed by atoms with Crippen molar-refractivity contribution in [3.8, 4) is 0 Å². The number of rotatable bonds is 5. The van der Waals surface area contributed by atoms with E-state index in [-0.39, 0.29) is 23.9 Å². The molecule has 2 atom stereocenters. The predicted octanol–water partition coefficient (Wildman–Crippen LogP) is 2.98. The number of nitrogens with one attached hydrogen (secondary N) is 1. The van der Waals surface area contributed by atoms with Gasteiger partial charge in [0, 0.05) is 30.7 Å². The summed E-state index contributed by atoms with van der Waals surface area (Å²) in [4.78, 5) is 32.5. The molecule has 2 amide bonds. The molecule has 1 saturated heterocycles. The van der Waals surface area contributed by atoms with Gasteiger partial charge in [0.05, 0.1) is 30.5 Å². The van der Waals surface area contributed by atoms with Gasteiger partial charge in [0.15, 0.2) is 0 Å². The normalized spacial score (nSPS) is 20.1. The van der Waals surface area contributed by atoms with Crippen LogP contribution in [0.5, 0.6) is 0 Å². The summed E-state index contributed by atoms with van der Waals surface area (Å²) >= 11 is 1.53. The summed E-state index contributed by atoms with van der Waals surface area (Å²) in [6, 6.07) is 1.86. The molecule has 7 nitrogen and oxygen atoms in total. The molecule has 28 heavy (non-hydrogen) atoms. The first-order valence-electron chi connectivity index (χ1n) is 9.91. The summed E-state index contributed by atoms with van der Waals surface area (Å²) in [6.07, 6.45) is 4.56. The molecule has 0 aromatic carbocycles. The Morgan fingerprint density at radius 2 is 2.29 bits per heavy atom. The van der Waals surface area contributed by atoms with E-state index in [1.807, 2.05) is 21.8 Å². The Balaban J connectivity index is 1.63. The van der Waals surface area contributed by atoms with Crippen LogP contribution in [0.2, 0.25) is 0 Å². The predicted molar refractivity (Wildman–Crippen MR) is 106 cm³/mol. The van der Waals surface area contributed by atoms with E-state index >= 15 is 0 Å². The van der Waals surface area contributed by atoms with Crippen LogP contribution in [0.1, 0.15) is 70.7 Å². The minimum atomic E-state index is -0.176. The van der Waals surface area contributed by atoms with E-state index < -0.39 is 0 Å². The van der Waals surface area contributed by atoms with Crippen molar-refractivity contribution >= 4 is 23.2 Å². The second-order valence-corrected chi connectivity index (χ2v) is 8.31. The van der Waals surface area contributed by atoms with Gasteiger partial charge in [-0.15, -0.1) is 11.3 Å². The molecule has 2 aromatic rings. The summed E-state index contributed by atoms with van der Waals surface area (Å²) in [5.41, 5.74) is 1.91. The number of thiazole rings is 1. The Hall–Kier alpha value is -2.19. The first kappa shape index (κ1) is 19.1. The molecule has 0 aliphatic carbocycles. The number of amides is 2. The van der Waals surface area contributed by atoms with Gasteiger partial charge in [-0.1, -0.05) is 6.92 Å². The lowest BCUT2D eigenvalue weighted by Crippen LogP contribution is -2.35. The maximum absolute atomic E-state index is 13.2. The molecule has 1 fully saturated rings. The molecule has 0 bridgehead atoms. The number of carbonyl (C=O) groups is 2. The van der Waals surface area contributed by atoms with Crippen LogP contribution in [0.3, 0.4) is 0 Å². The highest BCUT2D eigenvalue weighted by Crippen LogP contribution is 2.27. The van der Waals surface area contributed by atoms with Crippen molar-refractivity contribution in [1.82, 2.24) is 19.8 Å². The van der Waals surface area contributed by atoms with E-state index in [9.17, 15) is 9.59 Å². The van der Waals surface area contributed by atoms with Crippen LogP contribution in [0.4, 0.5) is 0 Å². The standard InChI is InChI=1S/C20H26N4O3S/c1-3-15(19-21-6-10-28-19)22-18(25)14-11-16(24-8-9-27-12-17(14)24)20(26)23-7-4-5-13(23)2/h6,10-11,13,15H,3-5,7-9,12H2,1-2H3,(H,22,25). The first-order chi connectivity index (χ1) is 13.6. The molecule has 0 saturated carbocycles. The second-order valence-electron chi connectivity index (χ2n) is 7.39. The third kappa shape index (κ3) is 3.46. The molecular formula is C20H26N4O3S. The fourth-order valence-corrected chi connectivity index (χ4v) is 4.83. The molecule has 8 heteroatoms. The van der Waals surface area contributed by atoms with E-state index in [1.54, 1.807) is 12.3 Å². The highest BCUT2D eigenvalue weighted by molar-refractivity contribution is 7.09. The maximum Gasteiger partial charge on any atom is 0.270 e. The number of hydrogen-bond acceptors (Lipinski definition) is 5. The zero-order valence-electron chi connectivity index (χ0n) is 16.3. The molecule has 2 aliphatic heterocycles. The third-order valence-electron chi connectivity index (χ3n) is 5.65. The smallest absolute Gasteiger partial charge is 0.270 e. The molecular weight excluding hydrogens is 376 g/mol. The van der Waals surface area contributed by atoms with Crippen molar-refractivity contribution in [2.75, 3.05) is 13.2 Å². The Morgan fingerprint density at radius 3 is 2.96 bits per heavy atom. The average Bonchev–Trinajstić information content (AvgIpc) is 3.45. The summed E-state index contributed by atoms with van der Waals surface area (Å²) < 4.78 is 7.56. The fourth-order valence-electron chi connectivity index (χ4n) is 4.06. The van der Waals surface area contributed by atoms with Gasteiger partial charge in [-0.05, 0) is 32.3 Å². The van der Waals surface area contributed by atoms with E-state index in [0.29, 0.717) is 31.0 Å². The van der Waals surface area contributed by atoms with E-state index in [4.69, 9.17) is 4.74 Å². The molecule has 0 radical (unpaired) electrons. The van der Waals surface area contributed by atoms with Crippen LogP contribution in [0.15, 0.2) is 17.6 Å². The lowest BCUT2D eigenvalue weighted by Gasteiger charge is -2.24. The topological polar surface area (TPSA) is 76.5 Å². The monoisotopic (exact) mass is 402 g/mol. The van der Waals surface area contributed by atoms with E-state index in [1.165, 1.54) is 11.3 Å². The number of carbonyl (C=O) groups excluding carboxylic acids is 2. The maximum atomic E-state index is 13.2. The SMILES string of the molecule is CCC(NC(=O)c1cc(C(=O)N2CCCC2C)n2c1COCC2)c1nccs1. The Morgan fingerprint density at radius 1 is 1.43 bits per heavy atom. The van der Waals surface area contributed by atoms with Crippen molar-refractivity contribution in [1.29, 1.82) is 0 Å². The number of likely N-dealkylation sites (tertiary alicyclic amines) is 1. The first-order valence-corrected chi connectivity index (χ1v) is 10.8. The number of hydrogen-bond donors (Lipinski definition) is 1. The van der Waals surface area contributed by atoms with Crippen molar-refractivity contribution in [3.63, 3.8) is 0 Å². The fraction of sp³-hybridized carbons (Fsp3) is 0.550. The van der Waals surface area contributed by atoms with Crippen LogP contribution >= 0.6 is 11.3 Å². The molecule has 4 heterocycles. The summed E-state index contributed by atoms with van der Waals surface area (Å²) in [5, 5.41) is 5.88. The Bertz CT molecular complexity index is 861. The van der Waals surface area contributed by atoms with Gasteiger partial charge in [0.25, 0.3) is 11.8 Å². The van der Waals surface area contributed by atoms with Gasteiger partial charge in [0.1, 0.15) is 10.7 Å². The minimum absolute atomic E-state index is 0.0131.